The first-order chi connectivity index (χ1) is 8.52. The van der Waals surface area contributed by atoms with Gasteiger partial charge in [0.25, 0.3) is 0 Å². The minimum absolute atomic E-state index is 0.0565. The van der Waals surface area contributed by atoms with E-state index >= 15 is 0 Å². The van der Waals surface area contributed by atoms with Crippen LogP contribution in [0.15, 0.2) is 18.2 Å². The van der Waals surface area contributed by atoms with Crippen molar-refractivity contribution < 1.29 is 9.50 Å². The molecule has 0 spiro atoms. The van der Waals surface area contributed by atoms with Gasteiger partial charge < -0.3 is 10.8 Å². The van der Waals surface area contributed by atoms with Crippen LogP contribution in [0.5, 0.6) is 0 Å². The van der Waals surface area contributed by atoms with Crippen LogP contribution in [0.3, 0.4) is 0 Å². The lowest BCUT2D eigenvalue weighted by Crippen LogP contribution is -2.39. The third-order valence-corrected chi connectivity index (χ3v) is 3.25. The van der Waals surface area contributed by atoms with E-state index in [0.29, 0.717) is 13.1 Å². The van der Waals surface area contributed by atoms with Crippen LogP contribution in [0.1, 0.15) is 18.5 Å². The number of nitrogens with two attached hydrogens (primary N) is 1. The standard InChI is InChI=1S/C12H16ClFN2OS/c1-2-16(6-7-17)11(12(15)18)10-8(13)4-3-5-9(10)14/h3-5,11,17H,2,6-7H2,1H3,(H2,15,18). The van der Waals surface area contributed by atoms with Gasteiger partial charge in [-0.25, -0.2) is 4.39 Å². The van der Waals surface area contributed by atoms with Crippen molar-refractivity contribution in [2.24, 2.45) is 5.73 Å². The van der Waals surface area contributed by atoms with E-state index in [4.69, 9.17) is 34.7 Å². The highest BCUT2D eigenvalue weighted by molar-refractivity contribution is 7.80. The van der Waals surface area contributed by atoms with E-state index in [1.807, 2.05) is 6.92 Å². The molecule has 0 aromatic heterocycles. The fourth-order valence-corrected chi connectivity index (χ4v) is 2.41. The van der Waals surface area contributed by atoms with Crippen molar-refractivity contribution in [3.63, 3.8) is 0 Å². The predicted octanol–water partition coefficient (Wildman–Crippen LogP) is 2.12. The van der Waals surface area contributed by atoms with Gasteiger partial charge in [-0.05, 0) is 18.7 Å². The van der Waals surface area contributed by atoms with E-state index < -0.39 is 11.9 Å². The van der Waals surface area contributed by atoms with Gasteiger partial charge in [0, 0.05) is 17.1 Å². The molecule has 0 radical (unpaired) electrons. The molecule has 0 bridgehead atoms. The monoisotopic (exact) mass is 290 g/mol. The summed E-state index contributed by atoms with van der Waals surface area (Å²) in [6.07, 6.45) is 0. The summed E-state index contributed by atoms with van der Waals surface area (Å²) in [7, 11) is 0. The third-order valence-electron chi connectivity index (χ3n) is 2.70. The molecule has 1 rings (SSSR count). The van der Waals surface area contributed by atoms with Gasteiger partial charge in [0.15, 0.2) is 0 Å². The number of hydrogen-bond donors (Lipinski definition) is 2. The average molecular weight is 291 g/mol. The topological polar surface area (TPSA) is 49.5 Å². The Balaban J connectivity index is 3.23. The first-order valence-corrected chi connectivity index (χ1v) is 6.39. The number of aliphatic hydroxyl groups excluding tert-OH is 1. The Hall–Kier alpha value is -0.750. The lowest BCUT2D eigenvalue weighted by molar-refractivity contribution is 0.184. The van der Waals surface area contributed by atoms with Crippen LogP contribution in [0, 0.1) is 5.82 Å². The lowest BCUT2D eigenvalue weighted by Gasteiger charge is -2.30. The van der Waals surface area contributed by atoms with Gasteiger partial charge in [-0.1, -0.05) is 36.8 Å². The zero-order valence-corrected chi connectivity index (χ0v) is 11.6. The number of aliphatic hydroxyl groups is 1. The first kappa shape index (κ1) is 15.3. The molecule has 0 aliphatic heterocycles. The van der Waals surface area contributed by atoms with Crippen molar-refractivity contribution in [2.45, 2.75) is 13.0 Å². The van der Waals surface area contributed by atoms with Gasteiger partial charge in [0.2, 0.25) is 0 Å². The van der Waals surface area contributed by atoms with Crippen molar-refractivity contribution in [1.29, 1.82) is 0 Å². The second kappa shape index (κ2) is 6.99. The van der Waals surface area contributed by atoms with Gasteiger partial charge in [0.1, 0.15) is 5.82 Å². The molecule has 100 valence electrons. The highest BCUT2D eigenvalue weighted by Crippen LogP contribution is 2.30. The van der Waals surface area contributed by atoms with E-state index in [2.05, 4.69) is 0 Å². The summed E-state index contributed by atoms with van der Waals surface area (Å²) in [6.45, 7) is 2.76. The molecule has 1 atom stereocenters. The molecule has 0 aliphatic carbocycles. The van der Waals surface area contributed by atoms with Crippen molar-refractivity contribution in [3.8, 4) is 0 Å². The largest absolute Gasteiger partial charge is 0.395 e. The molecule has 3 N–H and O–H groups in total. The molecule has 18 heavy (non-hydrogen) atoms. The summed E-state index contributed by atoms with van der Waals surface area (Å²) in [5, 5.41) is 9.31. The van der Waals surface area contributed by atoms with Crippen LogP contribution in [0.25, 0.3) is 0 Å². The van der Waals surface area contributed by atoms with Crippen molar-refractivity contribution in [3.05, 3.63) is 34.6 Å². The molecule has 1 unspecified atom stereocenters. The first-order valence-electron chi connectivity index (χ1n) is 5.61. The maximum absolute atomic E-state index is 13.9. The third kappa shape index (κ3) is 3.38. The van der Waals surface area contributed by atoms with E-state index in [0.717, 1.165) is 0 Å². The van der Waals surface area contributed by atoms with E-state index in [-0.39, 0.29) is 22.2 Å². The SMILES string of the molecule is CCN(CCO)C(C(N)=S)c1c(F)cccc1Cl. The lowest BCUT2D eigenvalue weighted by atomic mass is 10.0. The highest BCUT2D eigenvalue weighted by atomic mass is 35.5. The zero-order valence-electron chi connectivity index (χ0n) is 10.1. The molecule has 0 fully saturated rings. The average Bonchev–Trinajstić information content (AvgIpc) is 2.31. The Morgan fingerprint density at radius 3 is 2.72 bits per heavy atom. The predicted molar refractivity (Wildman–Crippen MR) is 75.3 cm³/mol. The van der Waals surface area contributed by atoms with Crippen LogP contribution in [-0.4, -0.2) is 34.7 Å². The van der Waals surface area contributed by atoms with Crippen molar-refractivity contribution in [2.75, 3.05) is 19.7 Å². The van der Waals surface area contributed by atoms with Gasteiger partial charge in [-0.2, -0.15) is 0 Å². The van der Waals surface area contributed by atoms with E-state index in [1.165, 1.54) is 12.1 Å². The number of nitrogens with zero attached hydrogens (tertiary/aromatic N) is 1. The van der Waals surface area contributed by atoms with Gasteiger partial charge in [-0.15, -0.1) is 0 Å². The molecule has 0 saturated heterocycles. The Labute approximate surface area is 116 Å². The number of likely N-dealkylation sites (N-methyl/N-ethyl adjacent to an activating group) is 1. The van der Waals surface area contributed by atoms with Crippen LogP contribution in [0.4, 0.5) is 4.39 Å². The summed E-state index contributed by atoms with van der Waals surface area (Å²) in [5.74, 6) is -0.448. The summed E-state index contributed by atoms with van der Waals surface area (Å²) in [4.78, 5) is 1.92. The Kier molecular flexibility index (Phi) is 5.95. The molecule has 0 aliphatic rings. The number of benzene rings is 1. The summed E-state index contributed by atoms with van der Waals surface area (Å²) >= 11 is 11.0. The molecule has 1 aromatic carbocycles. The normalized spacial score (nSPS) is 12.7. The van der Waals surface area contributed by atoms with E-state index in [1.54, 1.807) is 11.0 Å². The quantitative estimate of drug-likeness (QED) is 0.788. The summed E-state index contributed by atoms with van der Waals surface area (Å²) in [5.41, 5.74) is 5.96. The van der Waals surface area contributed by atoms with Crippen molar-refractivity contribution in [1.82, 2.24) is 4.90 Å². The molecular weight excluding hydrogens is 275 g/mol. The maximum atomic E-state index is 13.9. The highest BCUT2D eigenvalue weighted by Gasteiger charge is 2.26. The molecule has 1 aromatic rings. The Bertz CT molecular complexity index is 410. The van der Waals surface area contributed by atoms with Crippen molar-refractivity contribution >= 4 is 28.8 Å². The second-order valence-corrected chi connectivity index (χ2v) is 4.67. The van der Waals surface area contributed by atoms with Crippen LogP contribution >= 0.6 is 23.8 Å². The molecule has 3 nitrogen and oxygen atoms in total. The Morgan fingerprint density at radius 1 is 1.61 bits per heavy atom. The fourth-order valence-electron chi connectivity index (χ4n) is 1.87. The molecular formula is C12H16ClFN2OS. The molecule has 0 heterocycles. The summed E-state index contributed by atoms with van der Waals surface area (Å²) in [6, 6.07) is 3.84. The molecule has 6 heteroatoms. The smallest absolute Gasteiger partial charge is 0.129 e. The van der Waals surface area contributed by atoms with Crippen LogP contribution < -0.4 is 5.73 Å². The van der Waals surface area contributed by atoms with Crippen LogP contribution in [-0.2, 0) is 0 Å². The fraction of sp³-hybridized carbons (Fsp3) is 0.417. The molecule has 0 saturated carbocycles. The van der Waals surface area contributed by atoms with Gasteiger partial charge in [0.05, 0.1) is 17.6 Å². The Morgan fingerprint density at radius 2 is 2.28 bits per heavy atom. The minimum Gasteiger partial charge on any atom is -0.395 e. The maximum Gasteiger partial charge on any atom is 0.129 e. The number of rotatable bonds is 6. The number of thiocarbonyl (C=S) groups is 1. The minimum atomic E-state index is -0.606. The second-order valence-electron chi connectivity index (χ2n) is 3.79. The van der Waals surface area contributed by atoms with Gasteiger partial charge in [-0.3, -0.25) is 4.90 Å². The zero-order chi connectivity index (χ0) is 13.7. The van der Waals surface area contributed by atoms with Gasteiger partial charge >= 0.3 is 0 Å². The number of hydrogen-bond acceptors (Lipinski definition) is 3. The molecule has 0 amide bonds. The van der Waals surface area contributed by atoms with E-state index in [9.17, 15) is 4.39 Å². The number of halogens is 2. The van der Waals surface area contributed by atoms with Crippen LogP contribution in [0.2, 0.25) is 5.02 Å². The summed E-state index contributed by atoms with van der Waals surface area (Å²) < 4.78 is 13.9.